The van der Waals surface area contributed by atoms with Crippen LogP contribution >= 0.6 is 0 Å². The number of nitrogens with zero attached hydrogens (tertiary/aromatic N) is 1. The molecule has 16 heavy (non-hydrogen) atoms. The second kappa shape index (κ2) is 5.17. The van der Waals surface area contributed by atoms with E-state index in [0.717, 1.165) is 13.1 Å². The summed E-state index contributed by atoms with van der Waals surface area (Å²) in [6.07, 6.45) is 4.78. The van der Waals surface area contributed by atoms with E-state index in [1.165, 1.54) is 29.3 Å². The largest absolute Gasteiger partial charge is 0.347 e. The van der Waals surface area contributed by atoms with E-state index in [1.807, 2.05) is 7.05 Å². The Hall–Kier alpha value is -1.28. The summed E-state index contributed by atoms with van der Waals surface area (Å²) in [5, 5.41) is 4.61. The fourth-order valence-corrected chi connectivity index (χ4v) is 2.17. The summed E-state index contributed by atoms with van der Waals surface area (Å²) in [7, 11) is 2.00. The second-order valence-corrected chi connectivity index (χ2v) is 4.25. The number of unbranched alkanes of at least 4 members (excludes halogenated alkanes) is 1. The van der Waals surface area contributed by atoms with Gasteiger partial charge < -0.3 is 9.88 Å². The molecule has 1 N–H and O–H groups in total. The Morgan fingerprint density at radius 3 is 2.81 bits per heavy atom. The van der Waals surface area contributed by atoms with Gasteiger partial charge in [-0.3, -0.25) is 0 Å². The molecule has 2 heteroatoms. The van der Waals surface area contributed by atoms with E-state index in [2.05, 4.69) is 47.3 Å². The summed E-state index contributed by atoms with van der Waals surface area (Å²) in [5.41, 5.74) is 2.76. The molecular weight excluding hydrogens is 196 g/mol. The van der Waals surface area contributed by atoms with E-state index >= 15 is 0 Å². The Kier molecular flexibility index (Phi) is 3.62. The van der Waals surface area contributed by atoms with E-state index < -0.39 is 0 Å². The number of aromatic nitrogens is 1. The topological polar surface area (TPSA) is 17.0 Å². The molecule has 0 aliphatic carbocycles. The zero-order valence-corrected chi connectivity index (χ0v) is 10.2. The molecule has 0 fully saturated rings. The Bertz CT molecular complexity index is 457. The molecule has 1 heterocycles. The number of hydrogen-bond donors (Lipinski definition) is 1. The van der Waals surface area contributed by atoms with Crippen LogP contribution in [0.15, 0.2) is 30.5 Å². The average molecular weight is 216 g/mol. The van der Waals surface area contributed by atoms with Gasteiger partial charge in [-0.25, -0.2) is 0 Å². The molecule has 0 aliphatic rings. The van der Waals surface area contributed by atoms with Gasteiger partial charge in [-0.2, -0.15) is 0 Å². The number of benzene rings is 1. The van der Waals surface area contributed by atoms with Gasteiger partial charge in [-0.1, -0.05) is 31.5 Å². The van der Waals surface area contributed by atoms with Gasteiger partial charge in [0.2, 0.25) is 0 Å². The van der Waals surface area contributed by atoms with E-state index in [-0.39, 0.29) is 0 Å². The van der Waals surface area contributed by atoms with Crippen molar-refractivity contribution in [1.29, 1.82) is 0 Å². The Morgan fingerprint density at radius 2 is 2.06 bits per heavy atom. The highest BCUT2D eigenvalue weighted by Gasteiger charge is 2.06. The standard InChI is InChI=1S/C14H20N2/c1-3-4-9-16-11-12(10-15-2)13-7-5-6-8-14(13)16/h5-8,11,15H,3-4,9-10H2,1-2H3. The maximum Gasteiger partial charge on any atom is 0.0483 e. The summed E-state index contributed by atoms with van der Waals surface area (Å²) in [6, 6.07) is 8.66. The van der Waals surface area contributed by atoms with Crippen LogP contribution in [-0.2, 0) is 13.1 Å². The highest BCUT2D eigenvalue weighted by molar-refractivity contribution is 5.83. The first-order valence-electron chi connectivity index (χ1n) is 6.08. The molecule has 0 aliphatic heterocycles. The van der Waals surface area contributed by atoms with Gasteiger partial charge in [0.1, 0.15) is 0 Å². The molecular formula is C14H20N2. The fraction of sp³-hybridized carbons (Fsp3) is 0.429. The lowest BCUT2D eigenvalue weighted by atomic mass is 10.2. The molecule has 1 aromatic carbocycles. The van der Waals surface area contributed by atoms with Gasteiger partial charge in [0.15, 0.2) is 0 Å². The molecule has 0 saturated heterocycles. The Labute approximate surface area is 97.3 Å². The number of fused-ring (bicyclic) bond motifs is 1. The predicted octanol–water partition coefficient (Wildman–Crippen LogP) is 3.16. The van der Waals surface area contributed by atoms with Gasteiger partial charge in [0, 0.05) is 30.2 Å². The molecule has 86 valence electrons. The van der Waals surface area contributed by atoms with Crippen LogP contribution in [0.4, 0.5) is 0 Å². The van der Waals surface area contributed by atoms with E-state index in [1.54, 1.807) is 0 Å². The maximum atomic E-state index is 3.23. The first-order valence-corrected chi connectivity index (χ1v) is 6.08. The monoisotopic (exact) mass is 216 g/mol. The molecule has 0 radical (unpaired) electrons. The predicted molar refractivity (Wildman–Crippen MR) is 69.6 cm³/mol. The first kappa shape index (κ1) is 11.2. The summed E-state index contributed by atoms with van der Waals surface area (Å²) in [4.78, 5) is 0. The summed E-state index contributed by atoms with van der Waals surface area (Å²) < 4.78 is 2.38. The van der Waals surface area contributed by atoms with Crippen molar-refractivity contribution in [3.8, 4) is 0 Å². The Balaban J connectivity index is 2.40. The van der Waals surface area contributed by atoms with Gasteiger partial charge in [-0.05, 0) is 25.1 Å². The molecule has 2 rings (SSSR count). The molecule has 0 atom stereocenters. The van der Waals surface area contributed by atoms with Gasteiger partial charge >= 0.3 is 0 Å². The number of rotatable bonds is 5. The van der Waals surface area contributed by atoms with Gasteiger partial charge in [0.25, 0.3) is 0 Å². The summed E-state index contributed by atoms with van der Waals surface area (Å²) in [6.45, 7) is 4.31. The van der Waals surface area contributed by atoms with Crippen LogP contribution in [-0.4, -0.2) is 11.6 Å². The van der Waals surface area contributed by atoms with Crippen molar-refractivity contribution in [3.05, 3.63) is 36.0 Å². The van der Waals surface area contributed by atoms with Crippen LogP contribution in [0.2, 0.25) is 0 Å². The van der Waals surface area contributed by atoms with Crippen molar-refractivity contribution in [2.24, 2.45) is 0 Å². The minimum absolute atomic E-state index is 0.944. The van der Waals surface area contributed by atoms with Crippen molar-refractivity contribution in [2.75, 3.05) is 7.05 Å². The lowest BCUT2D eigenvalue weighted by Gasteiger charge is -2.02. The van der Waals surface area contributed by atoms with Crippen LogP contribution in [0, 0.1) is 0 Å². The smallest absolute Gasteiger partial charge is 0.0483 e. The van der Waals surface area contributed by atoms with E-state index in [4.69, 9.17) is 0 Å². The number of aryl methyl sites for hydroxylation is 1. The highest BCUT2D eigenvalue weighted by atomic mass is 15.0. The summed E-state index contributed by atoms with van der Waals surface area (Å²) in [5.74, 6) is 0. The van der Waals surface area contributed by atoms with Crippen molar-refractivity contribution in [3.63, 3.8) is 0 Å². The van der Waals surface area contributed by atoms with E-state index in [9.17, 15) is 0 Å². The quantitative estimate of drug-likeness (QED) is 0.812. The van der Waals surface area contributed by atoms with Crippen LogP contribution in [0.5, 0.6) is 0 Å². The molecule has 0 bridgehead atoms. The van der Waals surface area contributed by atoms with E-state index in [0.29, 0.717) is 0 Å². The number of nitrogens with one attached hydrogen (secondary N) is 1. The van der Waals surface area contributed by atoms with Crippen molar-refractivity contribution >= 4 is 10.9 Å². The third-order valence-electron chi connectivity index (χ3n) is 2.99. The molecule has 0 unspecified atom stereocenters. The zero-order chi connectivity index (χ0) is 11.4. The molecule has 2 nitrogen and oxygen atoms in total. The zero-order valence-electron chi connectivity index (χ0n) is 10.2. The number of para-hydroxylation sites is 1. The van der Waals surface area contributed by atoms with Gasteiger partial charge in [-0.15, -0.1) is 0 Å². The van der Waals surface area contributed by atoms with Crippen molar-refractivity contribution < 1.29 is 0 Å². The molecule has 0 spiro atoms. The minimum atomic E-state index is 0.944. The lowest BCUT2D eigenvalue weighted by Crippen LogP contribution is -2.04. The maximum absolute atomic E-state index is 3.23. The van der Waals surface area contributed by atoms with Crippen molar-refractivity contribution in [2.45, 2.75) is 32.9 Å². The molecule has 0 amide bonds. The third kappa shape index (κ3) is 2.12. The second-order valence-electron chi connectivity index (χ2n) is 4.25. The Morgan fingerprint density at radius 1 is 1.25 bits per heavy atom. The van der Waals surface area contributed by atoms with Crippen LogP contribution in [0.25, 0.3) is 10.9 Å². The molecule has 0 saturated carbocycles. The SMILES string of the molecule is CCCCn1cc(CNC)c2ccccc21. The lowest BCUT2D eigenvalue weighted by molar-refractivity contribution is 0.647. The van der Waals surface area contributed by atoms with Gasteiger partial charge in [0.05, 0.1) is 0 Å². The molecule has 1 aromatic heterocycles. The number of hydrogen-bond acceptors (Lipinski definition) is 1. The van der Waals surface area contributed by atoms with Crippen LogP contribution in [0.1, 0.15) is 25.3 Å². The van der Waals surface area contributed by atoms with Crippen LogP contribution in [0.3, 0.4) is 0 Å². The first-order chi connectivity index (χ1) is 7.86. The highest BCUT2D eigenvalue weighted by Crippen LogP contribution is 2.21. The summed E-state index contributed by atoms with van der Waals surface area (Å²) >= 11 is 0. The molecule has 2 aromatic rings. The minimum Gasteiger partial charge on any atom is -0.347 e. The van der Waals surface area contributed by atoms with Crippen LogP contribution < -0.4 is 5.32 Å². The average Bonchev–Trinajstić information content (AvgIpc) is 2.66. The van der Waals surface area contributed by atoms with Crippen molar-refractivity contribution in [1.82, 2.24) is 9.88 Å². The third-order valence-corrected chi connectivity index (χ3v) is 2.99. The normalized spacial score (nSPS) is 11.1. The fourth-order valence-electron chi connectivity index (χ4n) is 2.17.